The number of aromatic nitrogens is 2. The Kier molecular flexibility index (Phi) is 5.22. The highest BCUT2D eigenvalue weighted by Crippen LogP contribution is 2.24. The minimum Gasteiger partial charge on any atom is -0.381 e. The average molecular weight is 375 g/mol. The van der Waals surface area contributed by atoms with Crippen molar-refractivity contribution >= 4 is 34.4 Å². The zero-order valence-corrected chi connectivity index (χ0v) is 15.4. The number of piperidine rings is 1. The summed E-state index contributed by atoms with van der Waals surface area (Å²) in [7, 11) is 0. The van der Waals surface area contributed by atoms with Gasteiger partial charge < -0.3 is 15.0 Å². The minimum atomic E-state index is -0.00527. The summed E-state index contributed by atoms with van der Waals surface area (Å²) in [6.45, 7) is 3.05. The molecule has 7 heteroatoms. The van der Waals surface area contributed by atoms with Gasteiger partial charge in [0.25, 0.3) is 0 Å². The van der Waals surface area contributed by atoms with Gasteiger partial charge in [0.15, 0.2) is 0 Å². The van der Waals surface area contributed by atoms with Crippen molar-refractivity contribution in [3.63, 3.8) is 0 Å². The molecular formula is C19H23ClN4O2. The van der Waals surface area contributed by atoms with E-state index in [0.29, 0.717) is 11.6 Å². The second-order valence-corrected chi connectivity index (χ2v) is 7.48. The highest BCUT2D eigenvalue weighted by molar-refractivity contribution is 6.31. The number of ether oxygens (including phenoxy) is 1. The van der Waals surface area contributed by atoms with Gasteiger partial charge in [-0.05, 0) is 43.9 Å². The molecule has 4 rings (SSSR count). The number of carbonyl (C=O) groups excluding carboxylic acids is 1. The summed E-state index contributed by atoms with van der Waals surface area (Å²) in [6.07, 6.45) is 5.48. The van der Waals surface area contributed by atoms with Crippen LogP contribution in [0.15, 0.2) is 24.4 Å². The first-order valence-corrected chi connectivity index (χ1v) is 9.62. The van der Waals surface area contributed by atoms with E-state index in [1.54, 1.807) is 6.20 Å². The quantitative estimate of drug-likeness (QED) is 0.894. The van der Waals surface area contributed by atoms with Crippen LogP contribution in [-0.2, 0) is 9.53 Å². The maximum absolute atomic E-state index is 12.7. The van der Waals surface area contributed by atoms with E-state index in [1.807, 2.05) is 18.2 Å². The lowest BCUT2D eigenvalue weighted by atomic mass is 9.96. The normalized spacial score (nSPS) is 21.7. The molecule has 1 aromatic heterocycles. The molecule has 2 saturated heterocycles. The van der Waals surface area contributed by atoms with Crippen LogP contribution in [0.2, 0.25) is 5.02 Å². The van der Waals surface area contributed by atoms with Gasteiger partial charge in [0.2, 0.25) is 5.91 Å². The van der Waals surface area contributed by atoms with Crippen molar-refractivity contribution in [3.8, 4) is 0 Å². The van der Waals surface area contributed by atoms with E-state index in [9.17, 15) is 4.79 Å². The highest BCUT2D eigenvalue weighted by atomic mass is 35.5. The van der Waals surface area contributed by atoms with Gasteiger partial charge in [-0.1, -0.05) is 11.6 Å². The molecule has 6 nitrogen and oxygen atoms in total. The van der Waals surface area contributed by atoms with Crippen LogP contribution >= 0.6 is 11.6 Å². The molecular weight excluding hydrogens is 352 g/mol. The first-order chi connectivity index (χ1) is 12.7. The van der Waals surface area contributed by atoms with Crippen molar-refractivity contribution in [2.24, 2.45) is 5.92 Å². The minimum absolute atomic E-state index is 0.00527. The third kappa shape index (κ3) is 3.91. The number of carbonyl (C=O) groups is 1. The number of nitrogens with zero attached hydrogens (tertiary/aromatic N) is 3. The van der Waals surface area contributed by atoms with Crippen molar-refractivity contribution in [1.29, 1.82) is 0 Å². The van der Waals surface area contributed by atoms with E-state index < -0.39 is 0 Å². The second-order valence-electron chi connectivity index (χ2n) is 7.04. The summed E-state index contributed by atoms with van der Waals surface area (Å²) in [5, 5.41) is 3.86. The van der Waals surface area contributed by atoms with E-state index in [4.69, 9.17) is 21.3 Å². The van der Waals surface area contributed by atoms with Crippen LogP contribution < -0.4 is 10.2 Å². The van der Waals surface area contributed by atoms with Crippen LogP contribution in [0.5, 0.6) is 0 Å². The Morgan fingerprint density at radius 1 is 1.23 bits per heavy atom. The van der Waals surface area contributed by atoms with E-state index >= 15 is 0 Å². The van der Waals surface area contributed by atoms with Gasteiger partial charge in [-0.3, -0.25) is 9.78 Å². The van der Waals surface area contributed by atoms with Crippen LogP contribution in [0.3, 0.4) is 0 Å². The Labute approximate surface area is 157 Å². The fraction of sp³-hybridized carbons (Fsp3) is 0.526. The van der Waals surface area contributed by atoms with Crippen molar-refractivity contribution in [2.75, 3.05) is 31.2 Å². The molecule has 26 heavy (non-hydrogen) atoms. The molecule has 0 aliphatic carbocycles. The van der Waals surface area contributed by atoms with Crippen molar-refractivity contribution < 1.29 is 9.53 Å². The number of rotatable bonds is 3. The van der Waals surface area contributed by atoms with Crippen LogP contribution in [0.4, 0.5) is 5.82 Å². The Morgan fingerprint density at radius 2 is 2.08 bits per heavy atom. The Hall–Kier alpha value is -1.92. The Balaban J connectivity index is 1.44. The van der Waals surface area contributed by atoms with Crippen molar-refractivity contribution in [1.82, 2.24) is 15.3 Å². The lowest BCUT2D eigenvalue weighted by Crippen LogP contribution is -2.47. The number of halogens is 1. The molecule has 1 amide bonds. The summed E-state index contributed by atoms with van der Waals surface area (Å²) in [4.78, 5) is 24.0. The van der Waals surface area contributed by atoms with E-state index in [0.717, 1.165) is 62.3 Å². The molecule has 1 atom stereocenters. The van der Waals surface area contributed by atoms with E-state index in [2.05, 4.69) is 15.2 Å². The smallest absolute Gasteiger partial charge is 0.225 e. The number of benzene rings is 1. The average Bonchev–Trinajstić information content (AvgIpc) is 2.68. The predicted octanol–water partition coefficient (Wildman–Crippen LogP) is 2.79. The zero-order valence-electron chi connectivity index (χ0n) is 14.7. The SMILES string of the molecule is O=C(NC1CCOCC1)C1CCCN(c2cnc3cc(Cl)ccc3n2)C1. The van der Waals surface area contributed by atoms with Crippen molar-refractivity contribution in [2.45, 2.75) is 31.7 Å². The third-order valence-corrected chi connectivity index (χ3v) is 5.41. The van der Waals surface area contributed by atoms with Gasteiger partial charge >= 0.3 is 0 Å². The topological polar surface area (TPSA) is 67.3 Å². The van der Waals surface area contributed by atoms with Crippen LogP contribution in [0.25, 0.3) is 11.0 Å². The number of hydrogen-bond donors (Lipinski definition) is 1. The predicted molar refractivity (Wildman–Crippen MR) is 101 cm³/mol. The maximum Gasteiger partial charge on any atom is 0.225 e. The molecule has 1 N–H and O–H groups in total. The first kappa shape index (κ1) is 17.5. The van der Waals surface area contributed by atoms with Gasteiger partial charge in [0.1, 0.15) is 5.82 Å². The molecule has 0 bridgehead atoms. The highest BCUT2D eigenvalue weighted by Gasteiger charge is 2.28. The Morgan fingerprint density at radius 3 is 2.92 bits per heavy atom. The van der Waals surface area contributed by atoms with E-state index in [-0.39, 0.29) is 17.9 Å². The molecule has 2 aliphatic heterocycles. The fourth-order valence-electron chi connectivity index (χ4n) is 3.69. The maximum atomic E-state index is 12.7. The molecule has 0 spiro atoms. The molecule has 2 aliphatic rings. The third-order valence-electron chi connectivity index (χ3n) is 5.18. The van der Waals surface area contributed by atoms with E-state index in [1.165, 1.54) is 0 Å². The number of fused-ring (bicyclic) bond motifs is 1. The lowest BCUT2D eigenvalue weighted by molar-refractivity contribution is -0.126. The molecule has 0 radical (unpaired) electrons. The standard InChI is InChI=1S/C19H23ClN4O2/c20-14-3-4-16-17(10-14)21-11-18(23-16)24-7-1-2-13(12-24)19(25)22-15-5-8-26-9-6-15/h3-4,10-11,13,15H,1-2,5-9,12H2,(H,22,25). The van der Waals surface area contributed by atoms with Gasteiger partial charge in [-0.25, -0.2) is 4.98 Å². The number of amides is 1. The fourth-order valence-corrected chi connectivity index (χ4v) is 3.85. The van der Waals surface area contributed by atoms with Crippen LogP contribution in [0, 0.1) is 5.92 Å². The summed E-state index contributed by atoms with van der Waals surface area (Å²) in [6, 6.07) is 5.77. The van der Waals surface area contributed by atoms with Crippen LogP contribution in [0.1, 0.15) is 25.7 Å². The van der Waals surface area contributed by atoms with Crippen molar-refractivity contribution in [3.05, 3.63) is 29.4 Å². The molecule has 3 heterocycles. The largest absolute Gasteiger partial charge is 0.381 e. The lowest BCUT2D eigenvalue weighted by Gasteiger charge is -2.34. The molecule has 138 valence electrons. The van der Waals surface area contributed by atoms with Gasteiger partial charge in [-0.15, -0.1) is 0 Å². The summed E-state index contributed by atoms with van der Waals surface area (Å²) < 4.78 is 5.36. The summed E-state index contributed by atoms with van der Waals surface area (Å²) in [5.41, 5.74) is 1.60. The molecule has 1 aromatic carbocycles. The molecule has 1 unspecified atom stereocenters. The second kappa shape index (κ2) is 7.76. The van der Waals surface area contributed by atoms with Gasteiger partial charge in [0.05, 0.1) is 23.1 Å². The monoisotopic (exact) mass is 374 g/mol. The number of nitrogens with one attached hydrogen (secondary N) is 1. The molecule has 0 saturated carbocycles. The van der Waals surface area contributed by atoms with Crippen LogP contribution in [-0.4, -0.2) is 48.2 Å². The molecule has 2 fully saturated rings. The molecule has 2 aromatic rings. The van der Waals surface area contributed by atoms with Gasteiger partial charge in [-0.2, -0.15) is 0 Å². The summed E-state index contributed by atoms with van der Waals surface area (Å²) >= 11 is 6.01. The zero-order chi connectivity index (χ0) is 17.9. The first-order valence-electron chi connectivity index (χ1n) is 9.24. The Bertz CT molecular complexity index is 794. The van der Waals surface area contributed by atoms with Gasteiger partial charge in [0, 0.05) is 37.4 Å². The number of anilines is 1. The number of hydrogen-bond acceptors (Lipinski definition) is 5. The summed E-state index contributed by atoms with van der Waals surface area (Å²) in [5.74, 6) is 0.972.